The lowest BCUT2D eigenvalue weighted by Crippen LogP contribution is -2.45. The molecule has 1 atom stereocenters. The summed E-state index contributed by atoms with van der Waals surface area (Å²) in [5.41, 5.74) is 0. The SMILES string of the molecule is C=CCN1CC[C@H](CNC(=O)N2CCC(c3nc(C(C)C)no3)CC2)C1. The number of hydrogen-bond donors (Lipinski definition) is 1. The van der Waals surface area contributed by atoms with E-state index in [4.69, 9.17) is 4.52 Å². The Morgan fingerprint density at radius 3 is 2.77 bits per heavy atom. The van der Waals surface area contributed by atoms with Gasteiger partial charge in [0, 0.05) is 44.6 Å². The van der Waals surface area contributed by atoms with Crippen molar-refractivity contribution in [2.75, 3.05) is 39.3 Å². The van der Waals surface area contributed by atoms with Gasteiger partial charge < -0.3 is 14.7 Å². The topological polar surface area (TPSA) is 74.5 Å². The number of nitrogens with zero attached hydrogens (tertiary/aromatic N) is 4. The van der Waals surface area contributed by atoms with Crippen LogP contribution in [0.3, 0.4) is 0 Å². The van der Waals surface area contributed by atoms with E-state index in [0.717, 1.165) is 70.2 Å². The molecule has 144 valence electrons. The van der Waals surface area contributed by atoms with Crippen LogP contribution in [0, 0.1) is 5.92 Å². The second-order valence-corrected chi connectivity index (χ2v) is 7.80. The van der Waals surface area contributed by atoms with E-state index in [1.54, 1.807) is 0 Å². The molecule has 0 radical (unpaired) electrons. The summed E-state index contributed by atoms with van der Waals surface area (Å²) in [6.07, 6.45) is 4.84. The molecule has 2 amide bonds. The summed E-state index contributed by atoms with van der Waals surface area (Å²) in [7, 11) is 0. The zero-order valence-corrected chi connectivity index (χ0v) is 16.0. The van der Waals surface area contributed by atoms with Crippen molar-refractivity contribution in [2.45, 2.75) is 44.9 Å². The number of urea groups is 1. The summed E-state index contributed by atoms with van der Waals surface area (Å²) in [6, 6.07) is 0.0546. The molecule has 0 spiro atoms. The van der Waals surface area contributed by atoms with Crippen LogP contribution in [0.4, 0.5) is 4.79 Å². The number of hydrogen-bond acceptors (Lipinski definition) is 5. The number of piperidine rings is 1. The quantitative estimate of drug-likeness (QED) is 0.788. The maximum absolute atomic E-state index is 12.4. The molecule has 0 bridgehead atoms. The molecule has 0 unspecified atom stereocenters. The van der Waals surface area contributed by atoms with Crippen LogP contribution >= 0.6 is 0 Å². The second-order valence-electron chi connectivity index (χ2n) is 7.80. The lowest BCUT2D eigenvalue weighted by Gasteiger charge is -2.30. The Morgan fingerprint density at radius 2 is 2.12 bits per heavy atom. The van der Waals surface area contributed by atoms with Crippen LogP contribution in [-0.4, -0.2) is 65.2 Å². The van der Waals surface area contributed by atoms with E-state index in [1.165, 1.54) is 0 Å². The summed E-state index contributed by atoms with van der Waals surface area (Å²) in [6.45, 7) is 13.2. The van der Waals surface area contributed by atoms with Crippen LogP contribution in [0.1, 0.15) is 56.7 Å². The predicted octanol–water partition coefficient (Wildman–Crippen LogP) is 2.59. The van der Waals surface area contributed by atoms with Crippen LogP contribution < -0.4 is 5.32 Å². The zero-order chi connectivity index (χ0) is 18.5. The van der Waals surface area contributed by atoms with Crippen LogP contribution in [0.5, 0.6) is 0 Å². The molecule has 1 aromatic heterocycles. The van der Waals surface area contributed by atoms with E-state index in [1.807, 2.05) is 11.0 Å². The molecule has 2 saturated heterocycles. The normalized spacial score (nSPS) is 22.1. The molecule has 2 fully saturated rings. The average Bonchev–Trinajstić information content (AvgIpc) is 3.30. The Bertz CT molecular complexity index is 607. The highest BCUT2D eigenvalue weighted by Gasteiger charge is 2.28. The number of carbonyl (C=O) groups excluding carboxylic acids is 1. The van der Waals surface area contributed by atoms with Crippen molar-refractivity contribution in [3.8, 4) is 0 Å². The van der Waals surface area contributed by atoms with Crippen LogP contribution in [0.2, 0.25) is 0 Å². The van der Waals surface area contributed by atoms with Crippen LogP contribution in [0.15, 0.2) is 17.2 Å². The molecule has 7 nitrogen and oxygen atoms in total. The van der Waals surface area contributed by atoms with Crippen molar-refractivity contribution in [1.29, 1.82) is 0 Å². The number of amides is 2. The number of aromatic nitrogens is 2. The molecule has 0 aromatic carbocycles. The Kier molecular flexibility index (Phi) is 6.29. The minimum atomic E-state index is 0.0546. The Labute approximate surface area is 155 Å². The fourth-order valence-corrected chi connectivity index (χ4v) is 3.75. The maximum atomic E-state index is 12.4. The first-order chi connectivity index (χ1) is 12.6. The van der Waals surface area contributed by atoms with Crippen molar-refractivity contribution in [3.05, 3.63) is 24.4 Å². The monoisotopic (exact) mass is 361 g/mol. The van der Waals surface area contributed by atoms with Gasteiger partial charge in [-0.05, 0) is 31.7 Å². The third-order valence-electron chi connectivity index (χ3n) is 5.40. The largest absolute Gasteiger partial charge is 0.339 e. The van der Waals surface area contributed by atoms with Gasteiger partial charge in [0.15, 0.2) is 5.82 Å². The minimum absolute atomic E-state index is 0.0546. The molecule has 0 saturated carbocycles. The van der Waals surface area contributed by atoms with Crippen molar-refractivity contribution in [1.82, 2.24) is 25.3 Å². The van der Waals surface area contributed by atoms with Gasteiger partial charge in [-0.15, -0.1) is 6.58 Å². The number of likely N-dealkylation sites (tertiary alicyclic amines) is 2. The van der Waals surface area contributed by atoms with E-state index in [9.17, 15) is 4.79 Å². The molecular formula is C19H31N5O2. The van der Waals surface area contributed by atoms with E-state index < -0.39 is 0 Å². The molecule has 1 N–H and O–H groups in total. The molecule has 2 aliphatic rings. The van der Waals surface area contributed by atoms with Crippen LogP contribution in [-0.2, 0) is 0 Å². The van der Waals surface area contributed by atoms with E-state index in [-0.39, 0.29) is 17.9 Å². The summed E-state index contributed by atoms with van der Waals surface area (Å²) in [4.78, 5) is 21.2. The molecule has 7 heteroatoms. The van der Waals surface area contributed by atoms with Gasteiger partial charge in [-0.1, -0.05) is 25.1 Å². The molecule has 2 aliphatic heterocycles. The average molecular weight is 361 g/mol. The Morgan fingerprint density at radius 1 is 1.35 bits per heavy atom. The lowest BCUT2D eigenvalue weighted by atomic mass is 9.97. The van der Waals surface area contributed by atoms with Crippen molar-refractivity contribution >= 4 is 6.03 Å². The van der Waals surface area contributed by atoms with Crippen molar-refractivity contribution in [2.24, 2.45) is 5.92 Å². The van der Waals surface area contributed by atoms with Gasteiger partial charge in [-0.25, -0.2) is 4.79 Å². The molecule has 0 aliphatic carbocycles. The van der Waals surface area contributed by atoms with Gasteiger partial charge >= 0.3 is 6.03 Å². The van der Waals surface area contributed by atoms with E-state index in [2.05, 4.69) is 40.8 Å². The van der Waals surface area contributed by atoms with Gasteiger partial charge in [0.05, 0.1) is 0 Å². The summed E-state index contributed by atoms with van der Waals surface area (Å²) in [5.74, 6) is 2.58. The highest BCUT2D eigenvalue weighted by molar-refractivity contribution is 5.74. The first kappa shape index (κ1) is 18.9. The van der Waals surface area contributed by atoms with Gasteiger partial charge in [0.25, 0.3) is 0 Å². The lowest BCUT2D eigenvalue weighted by molar-refractivity contribution is 0.173. The van der Waals surface area contributed by atoms with E-state index in [0.29, 0.717) is 5.92 Å². The first-order valence-corrected chi connectivity index (χ1v) is 9.76. The Balaban J connectivity index is 1.40. The highest BCUT2D eigenvalue weighted by Crippen LogP contribution is 2.27. The van der Waals surface area contributed by atoms with Gasteiger partial charge in [0.2, 0.25) is 5.89 Å². The van der Waals surface area contributed by atoms with Crippen molar-refractivity contribution in [3.63, 3.8) is 0 Å². The fourth-order valence-electron chi connectivity index (χ4n) is 3.75. The van der Waals surface area contributed by atoms with Gasteiger partial charge in [0.1, 0.15) is 0 Å². The highest BCUT2D eigenvalue weighted by atomic mass is 16.5. The van der Waals surface area contributed by atoms with Gasteiger partial charge in [-0.3, -0.25) is 4.90 Å². The molecule has 3 heterocycles. The van der Waals surface area contributed by atoms with Crippen LogP contribution in [0.25, 0.3) is 0 Å². The summed E-state index contributed by atoms with van der Waals surface area (Å²) in [5, 5.41) is 7.16. The zero-order valence-electron chi connectivity index (χ0n) is 16.0. The summed E-state index contributed by atoms with van der Waals surface area (Å²) < 4.78 is 5.41. The minimum Gasteiger partial charge on any atom is -0.339 e. The number of carbonyl (C=O) groups is 1. The summed E-state index contributed by atoms with van der Waals surface area (Å²) >= 11 is 0. The third kappa shape index (κ3) is 4.63. The molecular weight excluding hydrogens is 330 g/mol. The van der Waals surface area contributed by atoms with Crippen molar-refractivity contribution < 1.29 is 9.32 Å². The fraction of sp³-hybridized carbons (Fsp3) is 0.737. The number of rotatable bonds is 6. The molecule has 26 heavy (non-hydrogen) atoms. The maximum Gasteiger partial charge on any atom is 0.317 e. The van der Waals surface area contributed by atoms with Gasteiger partial charge in [-0.2, -0.15) is 4.98 Å². The standard InChI is InChI=1S/C19H31N5O2/c1-4-8-23-9-5-15(13-23)12-20-19(25)24-10-6-16(7-11-24)18-21-17(14(2)3)22-26-18/h4,14-16H,1,5-13H2,2-3H3,(H,20,25)/t15-/m1/s1. The second kappa shape index (κ2) is 8.66. The van der Waals surface area contributed by atoms with E-state index >= 15 is 0 Å². The number of nitrogens with one attached hydrogen (secondary N) is 1. The molecule has 1 aromatic rings. The first-order valence-electron chi connectivity index (χ1n) is 9.76. The predicted molar refractivity (Wildman–Crippen MR) is 100 cm³/mol. The molecule has 3 rings (SSSR count). The Hall–Kier alpha value is -1.89. The smallest absolute Gasteiger partial charge is 0.317 e. The third-order valence-corrected chi connectivity index (χ3v) is 5.40.